The van der Waals surface area contributed by atoms with Gasteiger partial charge in [-0.05, 0) is 25.1 Å². The van der Waals surface area contributed by atoms with Crippen LogP contribution >= 0.6 is 0 Å². The Labute approximate surface area is 94.7 Å². The van der Waals surface area contributed by atoms with Crippen molar-refractivity contribution in [1.29, 1.82) is 0 Å². The minimum absolute atomic E-state index is 0.748. The molecular weight excluding hydrogens is 202 g/mol. The highest BCUT2D eigenvalue weighted by molar-refractivity contribution is 5.55. The molecule has 0 bridgehead atoms. The predicted octanol–water partition coefficient (Wildman–Crippen LogP) is 2.24. The zero-order chi connectivity index (χ0) is 11.2. The molecule has 0 aliphatic heterocycles. The number of hydrogen-bond donors (Lipinski definition) is 1. The summed E-state index contributed by atoms with van der Waals surface area (Å²) in [6.07, 6.45) is 4.63. The molecule has 4 nitrogen and oxygen atoms in total. The zero-order valence-electron chi connectivity index (χ0n) is 9.31. The van der Waals surface area contributed by atoms with Crippen LogP contribution in [0.1, 0.15) is 19.0 Å². The molecule has 0 spiro atoms. The molecule has 0 unspecified atom stereocenters. The minimum Gasteiger partial charge on any atom is -0.356 e. The van der Waals surface area contributed by atoms with E-state index in [4.69, 9.17) is 4.52 Å². The van der Waals surface area contributed by atoms with Gasteiger partial charge in [0.05, 0.1) is 5.69 Å². The second-order valence-electron chi connectivity index (χ2n) is 3.60. The van der Waals surface area contributed by atoms with Crippen molar-refractivity contribution in [2.75, 3.05) is 6.54 Å². The number of hydrogen-bond acceptors (Lipinski definition) is 4. The van der Waals surface area contributed by atoms with Gasteiger partial charge < -0.3 is 9.84 Å². The van der Waals surface area contributed by atoms with Crippen molar-refractivity contribution in [2.24, 2.45) is 0 Å². The molecule has 0 radical (unpaired) electrons. The van der Waals surface area contributed by atoms with E-state index in [0.717, 1.165) is 36.5 Å². The Morgan fingerprint density at radius 2 is 2.38 bits per heavy atom. The summed E-state index contributed by atoms with van der Waals surface area (Å²) in [4.78, 5) is 4.04. The van der Waals surface area contributed by atoms with Gasteiger partial charge in [0, 0.05) is 30.6 Å². The fourth-order valence-electron chi connectivity index (χ4n) is 1.43. The molecule has 0 amide bonds. The van der Waals surface area contributed by atoms with E-state index in [9.17, 15) is 0 Å². The van der Waals surface area contributed by atoms with E-state index < -0.39 is 0 Å². The van der Waals surface area contributed by atoms with E-state index in [0.29, 0.717) is 0 Å². The highest BCUT2D eigenvalue weighted by Gasteiger charge is 2.05. The topological polar surface area (TPSA) is 51.0 Å². The molecule has 0 aliphatic carbocycles. The van der Waals surface area contributed by atoms with Crippen molar-refractivity contribution in [1.82, 2.24) is 15.5 Å². The van der Waals surface area contributed by atoms with E-state index in [1.165, 1.54) is 0 Å². The normalized spacial score (nSPS) is 10.6. The molecule has 84 valence electrons. The minimum atomic E-state index is 0.748. The van der Waals surface area contributed by atoms with Gasteiger partial charge in [-0.3, -0.25) is 4.98 Å². The molecule has 4 heteroatoms. The molecule has 2 heterocycles. The summed E-state index contributed by atoms with van der Waals surface area (Å²) < 4.78 is 5.25. The van der Waals surface area contributed by atoms with Crippen LogP contribution in [0.5, 0.6) is 0 Å². The fourth-order valence-corrected chi connectivity index (χ4v) is 1.43. The maximum atomic E-state index is 5.25. The Morgan fingerprint density at radius 1 is 1.44 bits per heavy atom. The Kier molecular flexibility index (Phi) is 3.66. The highest BCUT2D eigenvalue weighted by atomic mass is 16.5. The number of rotatable bonds is 5. The highest BCUT2D eigenvalue weighted by Crippen LogP contribution is 2.18. The molecule has 1 N–H and O–H groups in total. The van der Waals surface area contributed by atoms with Crippen LogP contribution in [0.25, 0.3) is 11.3 Å². The van der Waals surface area contributed by atoms with Gasteiger partial charge in [0.1, 0.15) is 0 Å². The first-order chi connectivity index (χ1) is 7.90. The summed E-state index contributed by atoms with van der Waals surface area (Å²) in [5.41, 5.74) is 1.88. The quantitative estimate of drug-likeness (QED) is 0.780. The lowest BCUT2D eigenvalue weighted by atomic mass is 10.2. The average Bonchev–Trinajstić information content (AvgIpc) is 2.79. The Bertz CT molecular complexity index is 425. The first-order valence-corrected chi connectivity index (χ1v) is 5.47. The molecule has 0 aromatic carbocycles. The van der Waals surface area contributed by atoms with Gasteiger partial charge in [-0.25, -0.2) is 0 Å². The van der Waals surface area contributed by atoms with E-state index in [2.05, 4.69) is 22.4 Å². The standard InChI is InChI=1S/C12H15N3O/c1-2-5-13-9-11-7-12(16-15-11)10-4-3-6-14-8-10/h3-4,6-8,13H,2,5,9H2,1H3. The van der Waals surface area contributed by atoms with Crippen molar-refractivity contribution in [3.05, 3.63) is 36.3 Å². The summed E-state index contributed by atoms with van der Waals surface area (Å²) >= 11 is 0. The van der Waals surface area contributed by atoms with Gasteiger partial charge >= 0.3 is 0 Å². The van der Waals surface area contributed by atoms with Crippen LogP contribution in [0.2, 0.25) is 0 Å². The summed E-state index contributed by atoms with van der Waals surface area (Å²) in [5, 5.41) is 7.28. The van der Waals surface area contributed by atoms with Crippen LogP contribution in [0, 0.1) is 0 Å². The molecule has 2 aromatic heterocycles. The molecular formula is C12H15N3O. The maximum absolute atomic E-state index is 5.25. The van der Waals surface area contributed by atoms with Gasteiger partial charge in [-0.2, -0.15) is 0 Å². The molecule has 0 saturated carbocycles. The van der Waals surface area contributed by atoms with Gasteiger partial charge in [0.15, 0.2) is 5.76 Å². The molecule has 2 rings (SSSR count). The lowest BCUT2D eigenvalue weighted by molar-refractivity contribution is 0.420. The van der Waals surface area contributed by atoms with Crippen LogP contribution in [-0.4, -0.2) is 16.7 Å². The maximum Gasteiger partial charge on any atom is 0.168 e. The summed E-state index contributed by atoms with van der Waals surface area (Å²) in [6.45, 7) is 3.88. The van der Waals surface area contributed by atoms with Crippen LogP contribution in [0.15, 0.2) is 35.1 Å². The van der Waals surface area contributed by atoms with Crippen molar-refractivity contribution < 1.29 is 4.52 Å². The van der Waals surface area contributed by atoms with Gasteiger partial charge in [-0.1, -0.05) is 12.1 Å². The summed E-state index contributed by atoms with van der Waals surface area (Å²) in [5.74, 6) is 0.765. The lowest BCUT2D eigenvalue weighted by Crippen LogP contribution is -2.13. The Hall–Kier alpha value is -1.68. The number of nitrogens with zero attached hydrogens (tertiary/aromatic N) is 2. The predicted molar refractivity (Wildman–Crippen MR) is 61.7 cm³/mol. The largest absolute Gasteiger partial charge is 0.356 e. The lowest BCUT2D eigenvalue weighted by Gasteiger charge is -1.96. The van der Waals surface area contributed by atoms with Gasteiger partial charge in [0.25, 0.3) is 0 Å². The molecule has 0 aliphatic rings. The SMILES string of the molecule is CCCNCc1cc(-c2cccnc2)on1. The van der Waals surface area contributed by atoms with Gasteiger partial charge in [-0.15, -0.1) is 0 Å². The molecule has 2 aromatic rings. The van der Waals surface area contributed by atoms with E-state index in [1.54, 1.807) is 12.4 Å². The third-order valence-electron chi connectivity index (χ3n) is 2.24. The molecule has 0 atom stereocenters. The summed E-state index contributed by atoms with van der Waals surface area (Å²) in [7, 11) is 0. The second-order valence-corrected chi connectivity index (χ2v) is 3.60. The van der Waals surface area contributed by atoms with Crippen LogP contribution in [-0.2, 0) is 6.54 Å². The van der Waals surface area contributed by atoms with Crippen molar-refractivity contribution in [2.45, 2.75) is 19.9 Å². The number of nitrogens with one attached hydrogen (secondary N) is 1. The van der Waals surface area contributed by atoms with Crippen LogP contribution in [0.3, 0.4) is 0 Å². The third-order valence-corrected chi connectivity index (χ3v) is 2.24. The van der Waals surface area contributed by atoms with Crippen molar-refractivity contribution in [3.8, 4) is 11.3 Å². The van der Waals surface area contributed by atoms with E-state index in [1.807, 2.05) is 18.2 Å². The Balaban J connectivity index is 2.02. The zero-order valence-corrected chi connectivity index (χ0v) is 9.31. The molecule has 0 saturated heterocycles. The summed E-state index contributed by atoms with van der Waals surface area (Å²) in [6, 6.07) is 5.78. The molecule has 16 heavy (non-hydrogen) atoms. The average molecular weight is 217 g/mol. The van der Waals surface area contributed by atoms with Crippen LogP contribution in [0.4, 0.5) is 0 Å². The van der Waals surface area contributed by atoms with Crippen molar-refractivity contribution in [3.63, 3.8) is 0 Å². The third kappa shape index (κ3) is 2.67. The van der Waals surface area contributed by atoms with Crippen molar-refractivity contribution >= 4 is 0 Å². The molecule has 0 fully saturated rings. The van der Waals surface area contributed by atoms with E-state index in [-0.39, 0.29) is 0 Å². The monoisotopic (exact) mass is 217 g/mol. The van der Waals surface area contributed by atoms with E-state index >= 15 is 0 Å². The Morgan fingerprint density at radius 3 is 3.12 bits per heavy atom. The fraction of sp³-hybridized carbons (Fsp3) is 0.333. The first-order valence-electron chi connectivity index (χ1n) is 5.47. The number of aromatic nitrogens is 2. The first kappa shape index (κ1) is 10.8. The van der Waals surface area contributed by atoms with Crippen LogP contribution < -0.4 is 5.32 Å². The number of pyridine rings is 1. The smallest absolute Gasteiger partial charge is 0.168 e. The second kappa shape index (κ2) is 5.42. The van der Waals surface area contributed by atoms with Gasteiger partial charge in [0.2, 0.25) is 0 Å².